The van der Waals surface area contributed by atoms with E-state index in [4.69, 9.17) is 23.1 Å². The van der Waals surface area contributed by atoms with E-state index in [2.05, 4.69) is 32.9 Å². The normalized spacial score (nSPS) is 11.2. The number of aliphatic imine (C=N–C) groups is 1. The van der Waals surface area contributed by atoms with Crippen LogP contribution in [0.2, 0.25) is 5.02 Å². The largest absolute Gasteiger partial charge is 0.369 e. The van der Waals surface area contributed by atoms with Crippen LogP contribution in [0.5, 0.6) is 0 Å². The molecule has 0 aliphatic rings. The minimum absolute atomic E-state index is 0.0920. The van der Waals surface area contributed by atoms with Gasteiger partial charge in [-0.3, -0.25) is 5.32 Å². The topological polar surface area (TPSA) is 93.5 Å². The van der Waals surface area contributed by atoms with Crippen molar-refractivity contribution in [1.82, 2.24) is 5.32 Å². The molecule has 0 bridgehead atoms. The molecule has 0 aromatic heterocycles. The quantitative estimate of drug-likeness (QED) is 0.412. The van der Waals surface area contributed by atoms with Gasteiger partial charge >= 0.3 is 6.03 Å². The molecular formula is C8H8ClIN4O. The van der Waals surface area contributed by atoms with Crippen LogP contribution in [0.1, 0.15) is 0 Å². The third kappa shape index (κ3) is 3.92. The Hall–Kier alpha value is -1.02. The summed E-state index contributed by atoms with van der Waals surface area (Å²) in [6.07, 6.45) is 0. The maximum atomic E-state index is 10.5. The van der Waals surface area contributed by atoms with Crippen molar-refractivity contribution in [1.29, 1.82) is 0 Å². The number of amides is 2. The number of benzene rings is 1. The first-order chi connectivity index (χ1) is 6.99. The molecule has 0 unspecified atom stereocenters. The molecule has 80 valence electrons. The summed E-state index contributed by atoms with van der Waals surface area (Å²) < 4.78 is 0.984. The van der Waals surface area contributed by atoms with Crippen LogP contribution in [0.15, 0.2) is 23.2 Å². The summed E-state index contributed by atoms with van der Waals surface area (Å²) in [5.41, 5.74) is 10.7. The number of hydrogen-bond donors (Lipinski definition) is 3. The number of halogens is 2. The molecule has 5 nitrogen and oxygen atoms in total. The zero-order valence-electron chi connectivity index (χ0n) is 7.50. The molecule has 0 atom stereocenters. The second kappa shape index (κ2) is 5.17. The smallest absolute Gasteiger partial charge is 0.318 e. The standard InChI is InChI=1S/C8H8ClIN4O/c9-5-3-4(10)1-2-6(5)13-7(11)14-8(12)15/h1-3H,(H5,11,12,13,14,15). The molecule has 0 aliphatic carbocycles. The second-order valence-electron chi connectivity index (χ2n) is 2.58. The highest BCUT2D eigenvalue weighted by atomic mass is 127. The molecule has 0 aliphatic heterocycles. The molecule has 0 fully saturated rings. The van der Waals surface area contributed by atoms with E-state index >= 15 is 0 Å². The van der Waals surface area contributed by atoms with Gasteiger partial charge in [-0.2, -0.15) is 0 Å². The fourth-order valence-electron chi connectivity index (χ4n) is 0.856. The van der Waals surface area contributed by atoms with Gasteiger partial charge in [-0.05, 0) is 40.8 Å². The van der Waals surface area contributed by atoms with Gasteiger partial charge in [0.05, 0.1) is 10.7 Å². The van der Waals surface area contributed by atoms with E-state index in [-0.39, 0.29) is 5.96 Å². The Morgan fingerprint density at radius 2 is 2.13 bits per heavy atom. The van der Waals surface area contributed by atoms with Crippen LogP contribution in [0.4, 0.5) is 10.5 Å². The average Bonchev–Trinajstić information content (AvgIpc) is 2.08. The Balaban J connectivity index is 2.92. The van der Waals surface area contributed by atoms with Crippen molar-refractivity contribution in [2.75, 3.05) is 0 Å². The second-order valence-corrected chi connectivity index (χ2v) is 4.23. The number of carbonyl (C=O) groups is 1. The number of primary amides is 1. The zero-order valence-corrected chi connectivity index (χ0v) is 10.4. The molecule has 15 heavy (non-hydrogen) atoms. The summed E-state index contributed by atoms with van der Waals surface area (Å²) in [5.74, 6) is -0.0920. The van der Waals surface area contributed by atoms with Crippen LogP contribution in [0.3, 0.4) is 0 Å². The number of nitrogens with two attached hydrogens (primary N) is 2. The van der Waals surface area contributed by atoms with Crippen molar-refractivity contribution in [3.63, 3.8) is 0 Å². The molecule has 1 rings (SSSR count). The molecule has 7 heteroatoms. The molecule has 0 saturated heterocycles. The summed E-state index contributed by atoms with van der Waals surface area (Å²) in [6, 6.07) is 4.49. The monoisotopic (exact) mass is 338 g/mol. The van der Waals surface area contributed by atoms with E-state index < -0.39 is 6.03 Å². The van der Waals surface area contributed by atoms with Gasteiger partial charge in [-0.1, -0.05) is 11.6 Å². The lowest BCUT2D eigenvalue weighted by Gasteiger charge is -2.02. The fourth-order valence-corrected chi connectivity index (χ4v) is 1.75. The lowest BCUT2D eigenvalue weighted by atomic mass is 10.3. The molecule has 0 saturated carbocycles. The molecular weight excluding hydrogens is 330 g/mol. The van der Waals surface area contributed by atoms with E-state index in [0.717, 1.165) is 3.57 Å². The first-order valence-electron chi connectivity index (χ1n) is 3.84. The van der Waals surface area contributed by atoms with Crippen LogP contribution in [-0.4, -0.2) is 12.0 Å². The van der Waals surface area contributed by atoms with E-state index in [1.165, 1.54) is 0 Å². The average molecular weight is 339 g/mol. The van der Waals surface area contributed by atoms with Gasteiger partial charge in [0.15, 0.2) is 0 Å². The highest BCUT2D eigenvalue weighted by Crippen LogP contribution is 2.26. The minimum atomic E-state index is -0.766. The van der Waals surface area contributed by atoms with Gasteiger partial charge in [0.25, 0.3) is 0 Å². The zero-order chi connectivity index (χ0) is 11.4. The predicted molar refractivity (Wildman–Crippen MR) is 68.2 cm³/mol. The van der Waals surface area contributed by atoms with Gasteiger partial charge in [-0.15, -0.1) is 0 Å². The highest BCUT2D eigenvalue weighted by Gasteiger charge is 2.01. The third-order valence-corrected chi connectivity index (χ3v) is 2.38. The fraction of sp³-hybridized carbons (Fsp3) is 0. The molecule has 1 aromatic carbocycles. The number of carbonyl (C=O) groups excluding carboxylic acids is 1. The highest BCUT2D eigenvalue weighted by molar-refractivity contribution is 14.1. The van der Waals surface area contributed by atoms with E-state index in [9.17, 15) is 4.79 Å². The molecule has 1 aromatic rings. The number of nitrogens with zero attached hydrogens (tertiary/aromatic N) is 1. The summed E-state index contributed by atoms with van der Waals surface area (Å²) in [5, 5.41) is 2.59. The Bertz CT molecular complexity index is 421. The van der Waals surface area contributed by atoms with Crippen molar-refractivity contribution >= 4 is 51.9 Å². The maximum absolute atomic E-state index is 10.5. The molecule has 0 radical (unpaired) electrons. The Morgan fingerprint density at radius 1 is 1.47 bits per heavy atom. The summed E-state index contributed by atoms with van der Waals surface area (Å²) >= 11 is 8.02. The number of guanidine groups is 1. The first-order valence-corrected chi connectivity index (χ1v) is 5.30. The maximum Gasteiger partial charge on any atom is 0.318 e. The van der Waals surface area contributed by atoms with Crippen molar-refractivity contribution in [2.45, 2.75) is 0 Å². The van der Waals surface area contributed by atoms with E-state index in [1.807, 2.05) is 6.07 Å². The van der Waals surface area contributed by atoms with Crippen LogP contribution in [-0.2, 0) is 0 Å². The number of urea groups is 1. The van der Waals surface area contributed by atoms with Crippen LogP contribution in [0.25, 0.3) is 0 Å². The molecule has 2 amide bonds. The van der Waals surface area contributed by atoms with Crippen molar-refractivity contribution < 1.29 is 4.79 Å². The first kappa shape index (κ1) is 12.1. The van der Waals surface area contributed by atoms with E-state index in [1.54, 1.807) is 12.1 Å². The van der Waals surface area contributed by atoms with Crippen molar-refractivity contribution in [3.8, 4) is 0 Å². The van der Waals surface area contributed by atoms with Crippen LogP contribution < -0.4 is 16.8 Å². The molecule has 5 N–H and O–H groups in total. The predicted octanol–water partition coefficient (Wildman–Crippen LogP) is 1.56. The summed E-state index contributed by atoms with van der Waals surface area (Å²) in [4.78, 5) is 14.3. The molecule has 0 spiro atoms. The Morgan fingerprint density at radius 3 is 2.67 bits per heavy atom. The third-order valence-electron chi connectivity index (χ3n) is 1.40. The Labute approximate surface area is 105 Å². The summed E-state index contributed by atoms with van der Waals surface area (Å²) in [6.45, 7) is 0. The van der Waals surface area contributed by atoms with Gasteiger partial charge < -0.3 is 11.5 Å². The van der Waals surface area contributed by atoms with E-state index in [0.29, 0.717) is 10.7 Å². The Kier molecular flexibility index (Phi) is 4.15. The van der Waals surface area contributed by atoms with Gasteiger partial charge in [0.2, 0.25) is 5.96 Å². The van der Waals surface area contributed by atoms with Crippen molar-refractivity contribution in [3.05, 3.63) is 26.8 Å². The number of nitrogens with one attached hydrogen (secondary N) is 1. The van der Waals surface area contributed by atoms with Gasteiger partial charge in [0, 0.05) is 3.57 Å². The number of rotatable bonds is 1. The lowest BCUT2D eigenvalue weighted by molar-refractivity contribution is 0.253. The lowest BCUT2D eigenvalue weighted by Crippen LogP contribution is -2.39. The van der Waals surface area contributed by atoms with Crippen molar-refractivity contribution in [2.24, 2.45) is 16.5 Å². The summed E-state index contributed by atoms with van der Waals surface area (Å²) in [7, 11) is 0. The van der Waals surface area contributed by atoms with Gasteiger partial charge in [-0.25, -0.2) is 9.79 Å². The molecule has 0 heterocycles. The van der Waals surface area contributed by atoms with Crippen LogP contribution >= 0.6 is 34.2 Å². The SMILES string of the molecule is NC(=O)NC(N)=Nc1ccc(I)cc1Cl. The van der Waals surface area contributed by atoms with Crippen LogP contribution in [0, 0.1) is 3.57 Å². The number of hydrogen-bond acceptors (Lipinski definition) is 2. The minimum Gasteiger partial charge on any atom is -0.369 e. The van der Waals surface area contributed by atoms with Gasteiger partial charge in [0.1, 0.15) is 0 Å².